The topological polar surface area (TPSA) is 30.5 Å². The van der Waals surface area contributed by atoms with E-state index in [2.05, 4.69) is 36.5 Å². The summed E-state index contributed by atoms with van der Waals surface area (Å²) >= 11 is 0. The van der Waals surface area contributed by atoms with Crippen LogP contribution in [0.5, 0.6) is 11.5 Å². The van der Waals surface area contributed by atoms with E-state index in [1.807, 2.05) is 6.07 Å². The van der Waals surface area contributed by atoms with Crippen LogP contribution in [0.2, 0.25) is 0 Å². The number of ether oxygens (including phenoxy) is 2. The van der Waals surface area contributed by atoms with Crippen molar-refractivity contribution >= 4 is 0 Å². The molecule has 0 bridgehead atoms. The van der Waals surface area contributed by atoms with Crippen molar-refractivity contribution in [1.82, 2.24) is 5.32 Å². The Bertz CT molecular complexity index is 665. The lowest BCUT2D eigenvalue weighted by molar-refractivity contribution is 0.405. The third-order valence-electron chi connectivity index (χ3n) is 4.11. The molecule has 1 heterocycles. The standard InChI is InChI=1S/C18H21NO2/c1-12-4-6-18(21-3)15(10-12)13-5-7-17(20-2)14-8-9-19-11-16(13)14/h4-7,10,19H,8-9,11H2,1-3H3. The van der Waals surface area contributed by atoms with Gasteiger partial charge in [-0.1, -0.05) is 17.7 Å². The van der Waals surface area contributed by atoms with Gasteiger partial charge in [0, 0.05) is 17.7 Å². The van der Waals surface area contributed by atoms with Gasteiger partial charge >= 0.3 is 0 Å². The van der Waals surface area contributed by atoms with Crippen molar-refractivity contribution in [2.45, 2.75) is 19.9 Å². The van der Waals surface area contributed by atoms with Crippen LogP contribution in [0.25, 0.3) is 11.1 Å². The molecule has 0 fully saturated rings. The van der Waals surface area contributed by atoms with E-state index in [0.29, 0.717) is 0 Å². The Morgan fingerprint density at radius 3 is 2.43 bits per heavy atom. The van der Waals surface area contributed by atoms with E-state index < -0.39 is 0 Å². The van der Waals surface area contributed by atoms with Crippen LogP contribution < -0.4 is 14.8 Å². The average Bonchev–Trinajstić information content (AvgIpc) is 2.53. The number of aryl methyl sites for hydroxylation is 1. The maximum atomic E-state index is 5.55. The molecular formula is C18H21NO2. The largest absolute Gasteiger partial charge is 0.496 e. The summed E-state index contributed by atoms with van der Waals surface area (Å²) in [4.78, 5) is 0. The highest BCUT2D eigenvalue weighted by atomic mass is 16.5. The molecule has 0 radical (unpaired) electrons. The van der Waals surface area contributed by atoms with Gasteiger partial charge in [-0.3, -0.25) is 0 Å². The smallest absolute Gasteiger partial charge is 0.126 e. The van der Waals surface area contributed by atoms with Crippen LogP contribution in [0.3, 0.4) is 0 Å². The van der Waals surface area contributed by atoms with Gasteiger partial charge in [-0.2, -0.15) is 0 Å². The Morgan fingerprint density at radius 2 is 1.67 bits per heavy atom. The molecule has 1 aliphatic rings. The first kappa shape index (κ1) is 14.0. The molecule has 110 valence electrons. The molecule has 3 rings (SSSR count). The van der Waals surface area contributed by atoms with Gasteiger partial charge in [-0.05, 0) is 49.2 Å². The second-order valence-corrected chi connectivity index (χ2v) is 5.40. The van der Waals surface area contributed by atoms with E-state index in [4.69, 9.17) is 9.47 Å². The molecule has 0 saturated heterocycles. The van der Waals surface area contributed by atoms with Crippen molar-refractivity contribution in [3.8, 4) is 22.6 Å². The second-order valence-electron chi connectivity index (χ2n) is 5.40. The lowest BCUT2D eigenvalue weighted by atomic mass is 9.90. The van der Waals surface area contributed by atoms with Gasteiger partial charge in [0.05, 0.1) is 14.2 Å². The zero-order valence-corrected chi connectivity index (χ0v) is 12.8. The van der Waals surface area contributed by atoms with E-state index in [9.17, 15) is 0 Å². The van der Waals surface area contributed by atoms with Crippen molar-refractivity contribution in [3.63, 3.8) is 0 Å². The van der Waals surface area contributed by atoms with Gasteiger partial charge in [0.15, 0.2) is 0 Å². The normalized spacial score (nSPS) is 13.7. The molecule has 0 spiro atoms. The molecule has 0 aliphatic carbocycles. The molecular weight excluding hydrogens is 262 g/mol. The fraction of sp³-hybridized carbons (Fsp3) is 0.333. The van der Waals surface area contributed by atoms with Gasteiger partial charge in [-0.25, -0.2) is 0 Å². The zero-order valence-electron chi connectivity index (χ0n) is 12.8. The van der Waals surface area contributed by atoms with Gasteiger partial charge in [0.1, 0.15) is 11.5 Å². The number of hydrogen-bond acceptors (Lipinski definition) is 3. The minimum absolute atomic E-state index is 0.874. The van der Waals surface area contributed by atoms with Crippen molar-refractivity contribution in [2.75, 3.05) is 20.8 Å². The van der Waals surface area contributed by atoms with Gasteiger partial charge in [-0.15, -0.1) is 0 Å². The molecule has 1 aliphatic heterocycles. The SMILES string of the molecule is COc1ccc(C)cc1-c1ccc(OC)c2c1CNCC2. The lowest BCUT2D eigenvalue weighted by Crippen LogP contribution is -2.24. The van der Waals surface area contributed by atoms with Crippen LogP contribution in [0, 0.1) is 6.92 Å². The number of rotatable bonds is 3. The molecule has 0 atom stereocenters. The first-order chi connectivity index (χ1) is 10.2. The average molecular weight is 283 g/mol. The van der Waals surface area contributed by atoms with Crippen LogP contribution in [0.1, 0.15) is 16.7 Å². The second kappa shape index (κ2) is 5.78. The summed E-state index contributed by atoms with van der Waals surface area (Å²) in [6, 6.07) is 10.5. The maximum Gasteiger partial charge on any atom is 0.126 e. The van der Waals surface area contributed by atoms with Gasteiger partial charge in [0.25, 0.3) is 0 Å². The van der Waals surface area contributed by atoms with E-state index in [-0.39, 0.29) is 0 Å². The van der Waals surface area contributed by atoms with Crippen LogP contribution in [0.4, 0.5) is 0 Å². The predicted molar refractivity (Wildman–Crippen MR) is 85.1 cm³/mol. The highest BCUT2D eigenvalue weighted by molar-refractivity contribution is 5.76. The monoisotopic (exact) mass is 283 g/mol. The van der Waals surface area contributed by atoms with Crippen molar-refractivity contribution in [1.29, 1.82) is 0 Å². The summed E-state index contributed by atoms with van der Waals surface area (Å²) in [5, 5.41) is 3.46. The fourth-order valence-electron chi connectivity index (χ4n) is 3.05. The molecule has 2 aromatic rings. The number of nitrogens with one attached hydrogen (secondary N) is 1. The zero-order chi connectivity index (χ0) is 14.8. The first-order valence-corrected chi connectivity index (χ1v) is 7.29. The summed E-state index contributed by atoms with van der Waals surface area (Å²) in [6.45, 7) is 3.98. The Morgan fingerprint density at radius 1 is 0.905 bits per heavy atom. The summed E-state index contributed by atoms with van der Waals surface area (Å²) < 4.78 is 11.1. The molecule has 21 heavy (non-hydrogen) atoms. The third-order valence-corrected chi connectivity index (χ3v) is 4.11. The molecule has 3 nitrogen and oxygen atoms in total. The Kier molecular flexibility index (Phi) is 3.84. The molecule has 3 heteroatoms. The van der Waals surface area contributed by atoms with Crippen LogP contribution in [0.15, 0.2) is 30.3 Å². The summed E-state index contributed by atoms with van der Waals surface area (Å²) in [7, 11) is 3.47. The lowest BCUT2D eigenvalue weighted by Gasteiger charge is -2.24. The Labute approximate surface area is 125 Å². The first-order valence-electron chi connectivity index (χ1n) is 7.29. The predicted octanol–water partition coefficient (Wildman–Crippen LogP) is 3.32. The van der Waals surface area contributed by atoms with Crippen molar-refractivity contribution < 1.29 is 9.47 Å². The van der Waals surface area contributed by atoms with Crippen molar-refractivity contribution in [3.05, 3.63) is 47.0 Å². The Hall–Kier alpha value is -2.00. The number of methoxy groups -OCH3 is 2. The van der Waals surface area contributed by atoms with E-state index >= 15 is 0 Å². The minimum atomic E-state index is 0.874. The minimum Gasteiger partial charge on any atom is -0.496 e. The maximum absolute atomic E-state index is 5.55. The van der Waals surface area contributed by atoms with Gasteiger partial charge < -0.3 is 14.8 Å². The highest BCUT2D eigenvalue weighted by Crippen LogP contribution is 2.38. The van der Waals surface area contributed by atoms with E-state index in [1.165, 1.54) is 22.3 Å². The van der Waals surface area contributed by atoms with E-state index in [1.54, 1.807) is 14.2 Å². The summed E-state index contributed by atoms with van der Waals surface area (Å²) in [5.41, 5.74) is 6.26. The Balaban J connectivity index is 2.21. The fourth-order valence-corrected chi connectivity index (χ4v) is 3.05. The summed E-state index contributed by atoms with van der Waals surface area (Å²) in [5.74, 6) is 1.90. The molecule has 1 N–H and O–H groups in total. The molecule has 0 unspecified atom stereocenters. The highest BCUT2D eigenvalue weighted by Gasteiger charge is 2.19. The van der Waals surface area contributed by atoms with Gasteiger partial charge in [0.2, 0.25) is 0 Å². The number of hydrogen-bond donors (Lipinski definition) is 1. The third kappa shape index (κ3) is 2.49. The quantitative estimate of drug-likeness (QED) is 0.937. The summed E-state index contributed by atoms with van der Waals surface area (Å²) in [6.07, 6.45) is 1.00. The van der Waals surface area contributed by atoms with Crippen LogP contribution in [-0.2, 0) is 13.0 Å². The molecule has 0 amide bonds. The number of benzene rings is 2. The molecule has 2 aromatic carbocycles. The molecule has 0 saturated carbocycles. The molecule has 0 aromatic heterocycles. The van der Waals surface area contributed by atoms with Crippen LogP contribution in [-0.4, -0.2) is 20.8 Å². The van der Waals surface area contributed by atoms with Crippen LogP contribution >= 0.6 is 0 Å². The number of fused-ring (bicyclic) bond motifs is 1. The van der Waals surface area contributed by atoms with E-state index in [0.717, 1.165) is 36.6 Å². The van der Waals surface area contributed by atoms with Crippen molar-refractivity contribution in [2.24, 2.45) is 0 Å².